The van der Waals surface area contributed by atoms with Gasteiger partial charge >= 0.3 is 5.97 Å². The topological polar surface area (TPSA) is 77.9 Å². The third-order valence-corrected chi connectivity index (χ3v) is 7.24. The Kier molecular flexibility index (Phi) is 5.23. The SMILES string of the molecule is O=C(O)c1scc2c1C(=O)N(c1cc(CN3CCCc4ccccc43)ccc1Cl)C(=O)C2. The highest BCUT2D eigenvalue weighted by molar-refractivity contribution is 7.12. The van der Waals surface area contributed by atoms with Gasteiger partial charge in [0.25, 0.3) is 5.91 Å². The molecule has 2 aliphatic rings. The molecule has 0 unspecified atom stereocenters. The number of carboxylic acids is 1. The van der Waals surface area contributed by atoms with Crippen LogP contribution in [0.3, 0.4) is 0 Å². The average molecular weight is 467 g/mol. The van der Waals surface area contributed by atoms with E-state index in [4.69, 9.17) is 11.6 Å². The van der Waals surface area contributed by atoms with Gasteiger partial charge in [-0.25, -0.2) is 9.69 Å². The number of amides is 2. The monoisotopic (exact) mass is 466 g/mol. The molecule has 0 saturated carbocycles. The van der Waals surface area contributed by atoms with Gasteiger partial charge in [-0.1, -0.05) is 35.9 Å². The van der Waals surface area contributed by atoms with Crippen molar-refractivity contribution in [1.82, 2.24) is 0 Å². The van der Waals surface area contributed by atoms with Crippen LogP contribution in [0.15, 0.2) is 47.8 Å². The largest absolute Gasteiger partial charge is 0.477 e. The Bertz CT molecular complexity index is 1270. The number of hydrogen-bond donors (Lipinski definition) is 1. The molecule has 0 saturated heterocycles. The number of carbonyl (C=O) groups excluding carboxylic acids is 2. The zero-order valence-electron chi connectivity index (χ0n) is 17.0. The lowest BCUT2D eigenvalue weighted by Crippen LogP contribution is -2.43. The van der Waals surface area contributed by atoms with Gasteiger partial charge in [0.2, 0.25) is 5.91 Å². The van der Waals surface area contributed by atoms with E-state index in [1.165, 1.54) is 11.3 Å². The van der Waals surface area contributed by atoms with Gasteiger partial charge in [-0.05, 0) is 53.1 Å². The van der Waals surface area contributed by atoms with Crippen molar-refractivity contribution < 1.29 is 19.5 Å². The first-order valence-corrected chi connectivity index (χ1v) is 11.5. The molecule has 0 aliphatic carbocycles. The lowest BCUT2D eigenvalue weighted by molar-refractivity contribution is -0.117. The van der Waals surface area contributed by atoms with E-state index in [0.29, 0.717) is 12.1 Å². The molecule has 1 N–H and O–H groups in total. The molecule has 0 spiro atoms. The highest BCUT2D eigenvalue weighted by Crippen LogP contribution is 2.36. The van der Waals surface area contributed by atoms with Gasteiger partial charge in [-0.2, -0.15) is 0 Å². The lowest BCUT2D eigenvalue weighted by atomic mass is 9.99. The summed E-state index contributed by atoms with van der Waals surface area (Å²) >= 11 is 7.38. The van der Waals surface area contributed by atoms with Crippen molar-refractivity contribution in [3.8, 4) is 0 Å². The summed E-state index contributed by atoms with van der Waals surface area (Å²) in [4.78, 5) is 40.9. The third-order valence-electron chi connectivity index (χ3n) is 5.90. The van der Waals surface area contributed by atoms with Crippen LogP contribution >= 0.6 is 22.9 Å². The number of benzene rings is 2. The number of para-hydroxylation sites is 1. The van der Waals surface area contributed by atoms with Crippen LogP contribution < -0.4 is 9.80 Å². The molecule has 3 heterocycles. The number of fused-ring (bicyclic) bond motifs is 2. The second-order valence-electron chi connectivity index (χ2n) is 7.92. The van der Waals surface area contributed by atoms with Crippen molar-refractivity contribution in [1.29, 1.82) is 0 Å². The number of aromatic carboxylic acids is 1. The number of carboxylic acid groups (broad SMARTS) is 1. The summed E-state index contributed by atoms with van der Waals surface area (Å²) in [6.45, 7) is 1.53. The fourth-order valence-corrected chi connectivity index (χ4v) is 5.55. The van der Waals surface area contributed by atoms with Crippen LogP contribution in [0.2, 0.25) is 5.02 Å². The van der Waals surface area contributed by atoms with Gasteiger partial charge in [-0.15, -0.1) is 11.3 Å². The third kappa shape index (κ3) is 3.47. The fourth-order valence-electron chi connectivity index (χ4n) is 4.45. The van der Waals surface area contributed by atoms with Gasteiger partial charge in [0.05, 0.1) is 22.7 Å². The van der Waals surface area contributed by atoms with Crippen molar-refractivity contribution in [3.63, 3.8) is 0 Å². The quantitative estimate of drug-likeness (QED) is 0.560. The Labute approximate surface area is 193 Å². The van der Waals surface area contributed by atoms with Crippen molar-refractivity contribution in [2.45, 2.75) is 25.8 Å². The van der Waals surface area contributed by atoms with Gasteiger partial charge < -0.3 is 10.0 Å². The van der Waals surface area contributed by atoms with E-state index in [9.17, 15) is 19.5 Å². The zero-order valence-corrected chi connectivity index (χ0v) is 18.6. The normalized spacial score (nSPS) is 15.5. The Hall–Kier alpha value is -3.16. The van der Waals surface area contributed by atoms with Gasteiger partial charge in [0, 0.05) is 18.8 Å². The highest BCUT2D eigenvalue weighted by Gasteiger charge is 2.37. The summed E-state index contributed by atoms with van der Waals surface area (Å²) in [7, 11) is 0. The predicted octanol–water partition coefficient (Wildman–Crippen LogP) is 4.78. The summed E-state index contributed by atoms with van der Waals surface area (Å²) < 4.78 is 0. The van der Waals surface area contributed by atoms with E-state index >= 15 is 0 Å². The second-order valence-corrected chi connectivity index (χ2v) is 9.21. The molecule has 162 valence electrons. The summed E-state index contributed by atoms with van der Waals surface area (Å²) in [5.74, 6) is -2.24. The number of nitrogens with zero attached hydrogens (tertiary/aromatic N) is 2. The Morgan fingerprint density at radius 1 is 1.09 bits per heavy atom. The molecule has 32 heavy (non-hydrogen) atoms. The molecule has 0 atom stereocenters. The van der Waals surface area contributed by atoms with Crippen molar-refractivity contribution in [3.05, 3.63) is 80.0 Å². The summed E-state index contributed by atoms with van der Waals surface area (Å²) in [6, 6.07) is 13.6. The van der Waals surface area contributed by atoms with E-state index in [0.717, 1.165) is 41.2 Å². The first-order valence-electron chi connectivity index (χ1n) is 10.3. The highest BCUT2D eigenvalue weighted by atomic mass is 35.5. The molecule has 1 aromatic heterocycles. The number of aryl methyl sites for hydroxylation is 1. The summed E-state index contributed by atoms with van der Waals surface area (Å²) in [5.41, 5.74) is 4.23. The van der Waals surface area contributed by atoms with Crippen molar-refractivity contribution >= 4 is 52.1 Å². The number of carbonyl (C=O) groups is 3. The van der Waals surface area contributed by atoms with E-state index in [-0.39, 0.29) is 27.6 Å². The van der Waals surface area contributed by atoms with Crippen LogP contribution in [-0.4, -0.2) is 29.4 Å². The standard InChI is InChI=1S/C24H19ClN2O4S/c25-17-8-7-14(12-26-9-3-5-15-4-1-2-6-18(15)26)10-19(17)27-20(28)11-16-13-32-22(24(30)31)21(16)23(27)29/h1-2,4,6-8,10,13H,3,5,9,11-12H2,(H,30,31). The minimum absolute atomic E-state index is 0.0368. The van der Waals surface area contributed by atoms with Crippen molar-refractivity contribution in [2.24, 2.45) is 0 Å². The molecule has 2 amide bonds. The van der Waals surface area contributed by atoms with E-state index in [1.807, 2.05) is 18.2 Å². The smallest absolute Gasteiger partial charge is 0.346 e. The molecular formula is C24H19ClN2O4S. The lowest BCUT2D eigenvalue weighted by Gasteiger charge is -2.32. The summed E-state index contributed by atoms with van der Waals surface area (Å²) in [6.07, 6.45) is 2.06. The Morgan fingerprint density at radius 3 is 2.72 bits per heavy atom. The molecule has 6 nitrogen and oxygen atoms in total. The molecule has 2 aromatic carbocycles. The van der Waals surface area contributed by atoms with Gasteiger partial charge in [0.1, 0.15) is 4.88 Å². The number of rotatable bonds is 4. The maximum Gasteiger partial charge on any atom is 0.346 e. The van der Waals surface area contributed by atoms with E-state index in [1.54, 1.807) is 17.5 Å². The zero-order chi connectivity index (χ0) is 22.4. The molecule has 0 bridgehead atoms. The fraction of sp³-hybridized carbons (Fsp3) is 0.208. The van der Waals surface area contributed by atoms with Gasteiger partial charge in [-0.3, -0.25) is 9.59 Å². The molecular weight excluding hydrogens is 448 g/mol. The predicted molar refractivity (Wildman–Crippen MR) is 124 cm³/mol. The number of thiophene rings is 1. The van der Waals surface area contributed by atoms with E-state index in [2.05, 4.69) is 17.0 Å². The first kappa shape index (κ1) is 20.7. The number of hydrogen-bond acceptors (Lipinski definition) is 5. The number of imide groups is 1. The van der Waals surface area contributed by atoms with Crippen LogP contribution in [0.4, 0.5) is 11.4 Å². The van der Waals surface area contributed by atoms with Crippen LogP contribution in [-0.2, 0) is 24.2 Å². The average Bonchev–Trinajstić information content (AvgIpc) is 3.20. The van der Waals surface area contributed by atoms with Crippen molar-refractivity contribution in [2.75, 3.05) is 16.3 Å². The molecule has 5 rings (SSSR count). The maximum atomic E-state index is 13.2. The van der Waals surface area contributed by atoms with Crippen LogP contribution in [0, 0.1) is 0 Å². The van der Waals surface area contributed by atoms with E-state index < -0.39 is 17.8 Å². The minimum Gasteiger partial charge on any atom is -0.477 e. The van der Waals surface area contributed by atoms with Crippen LogP contribution in [0.25, 0.3) is 0 Å². The number of anilines is 2. The van der Waals surface area contributed by atoms with Gasteiger partial charge in [0.15, 0.2) is 0 Å². The molecule has 8 heteroatoms. The molecule has 0 fully saturated rings. The Morgan fingerprint density at radius 2 is 1.91 bits per heavy atom. The minimum atomic E-state index is -1.18. The first-order chi connectivity index (χ1) is 15.4. The van der Waals surface area contributed by atoms with Crippen LogP contribution in [0.1, 0.15) is 43.1 Å². The Balaban J connectivity index is 1.50. The number of halogens is 1. The van der Waals surface area contributed by atoms with Crippen LogP contribution in [0.5, 0.6) is 0 Å². The maximum absolute atomic E-state index is 13.2. The summed E-state index contributed by atoms with van der Waals surface area (Å²) in [5, 5.41) is 11.3. The second kappa shape index (κ2) is 8.07. The molecule has 2 aliphatic heterocycles. The molecule has 0 radical (unpaired) electrons. The molecule has 3 aromatic rings.